The van der Waals surface area contributed by atoms with E-state index in [4.69, 9.17) is 22.1 Å². The zero-order chi connectivity index (χ0) is 16.8. The molecule has 1 heterocycles. The van der Waals surface area contributed by atoms with Gasteiger partial charge in [-0.1, -0.05) is 25.4 Å². The summed E-state index contributed by atoms with van der Waals surface area (Å²) in [7, 11) is 1.58. The maximum absolute atomic E-state index is 6.07. The lowest BCUT2D eigenvalue weighted by molar-refractivity contribution is 0.415. The number of ether oxygens (including phenoxy) is 1. The summed E-state index contributed by atoms with van der Waals surface area (Å²) in [6, 6.07) is 5.36. The SMILES string of the molecule is COc1ccc(NC(N)=NCCc2csc(C(C)C)n2)cc1Cl.I. The third-order valence-electron chi connectivity index (χ3n) is 3.14. The van der Waals surface area contributed by atoms with E-state index in [1.807, 2.05) is 6.07 Å². The van der Waals surface area contributed by atoms with E-state index in [2.05, 4.69) is 34.5 Å². The van der Waals surface area contributed by atoms with E-state index in [9.17, 15) is 0 Å². The average molecular weight is 481 g/mol. The van der Waals surface area contributed by atoms with E-state index >= 15 is 0 Å². The molecule has 132 valence electrons. The van der Waals surface area contributed by atoms with Crippen molar-refractivity contribution in [3.8, 4) is 5.75 Å². The fraction of sp³-hybridized carbons (Fsp3) is 0.375. The van der Waals surface area contributed by atoms with Crippen LogP contribution >= 0.6 is 46.9 Å². The number of hydrogen-bond acceptors (Lipinski definition) is 4. The van der Waals surface area contributed by atoms with Gasteiger partial charge < -0.3 is 15.8 Å². The Bertz CT molecular complexity index is 690. The van der Waals surface area contributed by atoms with Crippen molar-refractivity contribution < 1.29 is 4.74 Å². The monoisotopic (exact) mass is 480 g/mol. The number of guanidine groups is 1. The summed E-state index contributed by atoms with van der Waals surface area (Å²) in [5.41, 5.74) is 7.72. The van der Waals surface area contributed by atoms with Gasteiger partial charge in [-0.3, -0.25) is 4.99 Å². The van der Waals surface area contributed by atoms with Gasteiger partial charge in [0.25, 0.3) is 0 Å². The van der Waals surface area contributed by atoms with Crippen LogP contribution in [0.25, 0.3) is 0 Å². The second-order valence-corrected chi connectivity index (χ2v) is 6.62. The predicted molar refractivity (Wildman–Crippen MR) is 113 cm³/mol. The van der Waals surface area contributed by atoms with Crippen LogP contribution in [0.15, 0.2) is 28.6 Å². The number of thiazole rings is 1. The number of benzene rings is 1. The lowest BCUT2D eigenvalue weighted by Gasteiger charge is -2.08. The molecular formula is C16H22ClIN4OS. The number of nitrogens with two attached hydrogens (primary N) is 1. The Morgan fingerprint density at radius 3 is 2.79 bits per heavy atom. The molecule has 0 saturated carbocycles. The molecule has 1 aromatic heterocycles. The van der Waals surface area contributed by atoms with Gasteiger partial charge in [-0.25, -0.2) is 4.98 Å². The molecule has 2 rings (SSSR count). The Morgan fingerprint density at radius 1 is 1.46 bits per heavy atom. The van der Waals surface area contributed by atoms with Crippen molar-refractivity contribution in [2.45, 2.75) is 26.2 Å². The van der Waals surface area contributed by atoms with Gasteiger partial charge >= 0.3 is 0 Å². The van der Waals surface area contributed by atoms with E-state index in [1.165, 1.54) is 0 Å². The van der Waals surface area contributed by atoms with Crippen LogP contribution < -0.4 is 15.8 Å². The summed E-state index contributed by atoms with van der Waals surface area (Å²) in [5, 5.41) is 6.77. The molecule has 3 N–H and O–H groups in total. The highest BCUT2D eigenvalue weighted by molar-refractivity contribution is 14.0. The largest absolute Gasteiger partial charge is 0.495 e. The second-order valence-electron chi connectivity index (χ2n) is 5.32. The number of halogens is 2. The molecule has 0 saturated heterocycles. The molecule has 0 aliphatic heterocycles. The number of hydrogen-bond donors (Lipinski definition) is 2. The van der Waals surface area contributed by atoms with Crippen molar-refractivity contribution in [2.24, 2.45) is 10.7 Å². The number of methoxy groups -OCH3 is 1. The first-order valence-electron chi connectivity index (χ1n) is 7.34. The van der Waals surface area contributed by atoms with E-state index in [1.54, 1.807) is 30.6 Å². The Balaban J connectivity index is 0.00000288. The summed E-state index contributed by atoms with van der Waals surface area (Å²) in [6.45, 7) is 4.87. The maximum Gasteiger partial charge on any atom is 0.193 e. The molecule has 2 aromatic rings. The van der Waals surface area contributed by atoms with E-state index in [-0.39, 0.29) is 24.0 Å². The standard InChI is InChI=1S/C16H21ClN4OS.HI/c1-10(2)15-20-12(9-23-15)6-7-19-16(18)21-11-4-5-14(22-3)13(17)8-11;/h4-5,8-10H,6-7H2,1-3H3,(H3,18,19,21);1H. The summed E-state index contributed by atoms with van der Waals surface area (Å²) in [5.74, 6) is 1.44. The first-order valence-corrected chi connectivity index (χ1v) is 8.60. The minimum Gasteiger partial charge on any atom is -0.495 e. The lowest BCUT2D eigenvalue weighted by Crippen LogP contribution is -2.23. The molecule has 0 aliphatic carbocycles. The molecule has 24 heavy (non-hydrogen) atoms. The zero-order valence-electron chi connectivity index (χ0n) is 13.9. The molecule has 8 heteroatoms. The molecular weight excluding hydrogens is 459 g/mol. The zero-order valence-corrected chi connectivity index (χ0v) is 17.8. The number of nitrogens with one attached hydrogen (secondary N) is 1. The highest BCUT2D eigenvalue weighted by Crippen LogP contribution is 2.27. The van der Waals surface area contributed by atoms with E-state index in [0.717, 1.165) is 22.8 Å². The molecule has 0 unspecified atom stereocenters. The third kappa shape index (κ3) is 6.10. The quantitative estimate of drug-likeness (QED) is 0.362. The highest BCUT2D eigenvalue weighted by atomic mass is 127. The number of aromatic nitrogens is 1. The number of anilines is 1. The van der Waals surface area contributed by atoms with Crippen molar-refractivity contribution >= 4 is 58.6 Å². The summed E-state index contributed by atoms with van der Waals surface area (Å²) in [4.78, 5) is 8.89. The van der Waals surface area contributed by atoms with Crippen LogP contribution in [0, 0.1) is 0 Å². The summed E-state index contributed by atoms with van der Waals surface area (Å²) < 4.78 is 5.11. The van der Waals surface area contributed by atoms with Crippen molar-refractivity contribution in [1.82, 2.24) is 4.98 Å². The topological polar surface area (TPSA) is 72.5 Å². The van der Waals surface area contributed by atoms with Crippen molar-refractivity contribution in [3.05, 3.63) is 39.3 Å². The lowest BCUT2D eigenvalue weighted by atomic mass is 10.2. The van der Waals surface area contributed by atoms with Gasteiger partial charge in [0, 0.05) is 30.0 Å². The van der Waals surface area contributed by atoms with Crippen LogP contribution in [0.4, 0.5) is 5.69 Å². The Kier molecular flexibility index (Phi) is 8.79. The van der Waals surface area contributed by atoms with Gasteiger partial charge in [-0.15, -0.1) is 35.3 Å². The van der Waals surface area contributed by atoms with Gasteiger partial charge in [0.05, 0.1) is 22.8 Å². The second kappa shape index (κ2) is 10.0. The number of rotatable bonds is 6. The van der Waals surface area contributed by atoms with Crippen LogP contribution in [0.2, 0.25) is 5.02 Å². The van der Waals surface area contributed by atoms with Gasteiger partial charge in [-0.05, 0) is 18.2 Å². The van der Waals surface area contributed by atoms with Gasteiger partial charge in [0.2, 0.25) is 0 Å². The van der Waals surface area contributed by atoms with Crippen LogP contribution in [0.5, 0.6) is 5.75 Å². The average Bonchev–Trinajstić information content (AvgIpc) is 2.96. The minimum atomic E-state index is 0. The summed E-state index contributed by atoms with van der Waals surface area (Å²) in [6.07, 6.45) is 0.773. The molecule has 0 bridgehead atoms. The minimum absolute atomic E-state index is 0. The molecule has 5 nitrogen and oxygen atoms in total. The molecule has 0 fully saturated rings. The van der Waals surface area contributed by atoms with Crippen molar-refractivity contribution in [2.75, 3.05) is 19.0 Å². The van der Waals surface area contributed by atoms with Crippen LogP contribution in [-0.4, -0.2) is 24.6 Å². The van der Waals surface area contributed by atoms with Gasteiger partial charge in [-0.2, -0.15) is 0 Å². The molecule has 0 amide bonds. The molecule has 0 atom stereocenters. The smallest absolute Gasteiger partial charge is 0.193 e. The number of aliphatic imine (C=N–C) groups is 1. The first-order chi connectivity index (χ1) is 11.0. The molecule has 0 radical (unpaired) electrons. The number of nitrogens with zero attached hydrogens (tertiary/aromatic N) is 2. The van der Waals surface area contributed by atoms with E-state index in [0.29, 0.717) is 29.2 Å². The van der Waals surface area contributed by atoms with E-state index < -0.39 is 0 Å². The summed E-state index contributed by atoms with van der Waals surface area (Å²) >= 11 is 7.76. The Labute approximate surface area is 168 Å². The van der Waals surface area contributed by atoms with Crippen LogP contribution in [0.3, 0.4) is 0 Å². The van der Waals surface area contributed by atoms with Crippen molar-refractivity contribution in [1.29, 1.82) is 0 Å². The maximum atomic E-state index is 6.07. The first kappa shape index (κ1) is 21.0. The normalized spacial score (nSPS) is 11.3. The van der Waals surface area contributed by atoms with Crippen LogP contribution in [-0.2, 0) is 6.42 Å². The van der Waals surface area contributed by atoms with Crippen LogP contribution in [0.1, 0.15) is 30.5 Å². The Morgan fingerprint density at radius 2 is 2.21 bits per heavy atom. The van der Waals surface area contributed by atoms with Gasteiger partial charge in [0.1, 0.15) is 5.75 Å². The third-order valence-corrected chi connectivity index (χ3v) is 4.63. The highest BCUT2D eigenvalue weighted by Gasteiger charge is 2.06. The van der Waals surface area contributed by atoms with Gasteiger partial charge in [0.15, 0.2) is 5.96 Å². The van der Waals surface area contributed by atoms with Crippen molar-refractivity contribution in [3.63, 3.8) is 0 Å². The fourth-order valence-corrected chi connectivity index (χ4v) is 3.05. The molecule has 1 aromatic carbocycles. The predicted octanol–water partition coefficient (Wildman–Crippen LogP) is 4.52. The fourth-order valence-electron chi connectivity index (χ4n) is 1.93. The molecule has 0 aliphatic rings. The Hall–Kier alpha value is -1.06. The molecule has 0 spiro atoms.